The number of aromatic carboxylic acids is 1. The number of hydrogen-bond donors (Lipinski definition) is 6. The van der Waals surface area contributed by atoms with Crippen molar-refractivity contribution in [3.63, 3.8) is 0 Å². The van der Waals surface area contributed by atoms with Crippen molar-refractivity contribution < 1.29 is 29.9 Å². The number of carboxylic acids is 1. The number of aromatic nitrogens is 1. The monoisotopic (exact) mass is 414 g/mol. The maximum absolute atomic E-state index is 12.5. The summed E-state index contributed by atoms with van der Waals surface area (Å²) in [6.07, 6.45) is 1.23. The molecule has 1 unspecified atom stereocenters. The summed E-state index contributed by atoms with van der Waals surface area (Å²) in [6, 6.07) is 7.44. The minimum absolute atomic E-state index is 0.167. The summed E-state index contributed by atoms with van der Waals surface area (Å²) in [5, 5.41) is 44.3. The summed E-state index contributed by atoms with van der Waals surface area (Å²) in [6.45, 7) is 3.35. The summed E-state index contributed by atoms with van der Waals surface area (Å²) in [4.78, 5) is 30.1. The van der Waals surface area contributed by atoms with Gasteiger partial charge in [0.05, 0.1) is 11.5 Å². The number of amides is 1. The van der Waals surface area contributed by atoms with E-state index >= 15 is 0 Å². The zero-order chi connectivity index (χ0) is 21.7. The number of hydrogen-bond acceptors (Lipinski definition) is 8. The fraction of sp³-hybridized carbons (Fsp3) is 0.316. The van der Waals surface area contributed by atoms with Gasteiger partial charge in [-0.05, 0) is 30.2 Å². The van der Waals surface area contributed by atoms with E-state index in [1.54, 1.807) is 12.1 Å². The minimum atomic E-state index is -1.92. The lowest BCUT2D eigenvalue weighted by atomic mass is 9.75. The van der Waals surface area contributed by atoms with Crippen LogP contribution in [0.1, 0.15) is 26.3 Å². The molecule has 0 saturated carbocycles. The van der Waals surface area contributed by atoms with E-state index in [1.807, 2.05) is 0 Å². The lowest BCUT2D eigenvalue weighted by Gasteiger charge is -2.28. The molecule has 11 heteroatoms. The van der Waals surface area contributed by atoms with E-state index in [1.165, 1.54) is 24.4 Å². The number of para-hydroxylation sites is 1. The molecule has 6 N–H and O–H groups in total. The first-order chi connectivity index (χ1) is 14.4. The van der Waals surface area contributed by atoms with Crippen LogP contribution < -0.4 is 15.5 Å². The maximum atomic E-state index is 12.5. The van der Waals surface area contributed by atoms with E-state index < -0.39 is 30.7 Å². The van der Waals surface area contributed by atoms with Crippen LogP contribution in [0.25, 0.3) is 0 Å². The number of aromatic hydroxyl groups is 1. The Bertz CT molecular complexity index is 902. The lowest BCUT2D eigenvalue weighted by molar-refractivity contribution is 0.0693. The van der Waals surface area contributed by atoms with E-state index in [9.17, 15) is 24.7 Å². The standard InChI is InChI=1S/C19H23BN4O6/c25-17-12(2-1-3-14(17)19(27)28)10-15(20(29)30)23-18(26)13-4-5-16(22-11-13)24-8-6-21-7-9-24/h1-5,11,15,21,25,29-30H,6-10H2,(H,23,26)(H,27,28). The van der Waals surface area contributed by atoms with Gasteiger partial charge in [-0.1, -0.05) is 12.1 Å². The first-order valence-electron chi connectivity index (χ1n) is 9.49. The van der Waals surface area contributed by atoms with Gasteiger partial charge in [0, 0.05) is 32.4 Å². The molecule has 1 aliphatic rings. The predicted octanol–water partition coefficient (Wildman–Crippen LogP) is -0.752. The summed E-state index contributed by atoms with van der Waals surface area (Å²) >= 11 is 0. The number of nitrogens with zero attached hydrogens (tertiary/aromatic N) is 2. The van der Waals surface area contributed by atoms with Crippen LogP contribution >= 0.6 is 0 Å². The molecule has 2 aromatic rings. The molecule has 0 aliphatic carbocycles. The number of nitrogens with one attached hydrogen (secondary N) is 2. The highest BCUT2D eigenvalue weighted by molar-refractivity contribution is 6.43. The number of carboxylic acid groups (broad SMARTS) is 1. The number of benzene rings is 1. The Balaban J connectivity index is 1.70. The molecule has 1 amide bonds. The van der Waals surface area contributed by atoms with E-state index in [0.717, 1.165) is 32.0 Å². The van der Waals surface area contributed by atoms with Gasteiger partial charge in [-0.25, -0.2) is 9.78 Å². The van der Waals surface area contributed by atoms with Gasteiger partial charge in [0.2, 0.25) is 0 Å². The zero-order valence-electron chi connectivity index (χ0n) is 16.2. The van der Waals surface area contributed by atoms with Crippen molar-refractivity contribution in [3.8, 4) is 5.75 Å². The van der Waals surface area contributed by atoms with Crippen LogP contribution in [-0.4, -0.2) is 76.4 Å². The molecule has 0 bridgehead atoms. The number of anilines is 1. The number of pyridine rings is 1. The number of carbonyl (C=O) groups is 2. The van der Waals surface area contributed by atoms with Gasteiger partial charge in [0.15, 0.2) is 0 Å². The van der Waals surface area contributed by atoms with Gasteiger partial charge < -0.3 is 35.8 Å². The van der Waals surface area contributed by atoms with Gasteiger partial charge in [-0.3, -0.25) is 4.79 Å². The van der Waals surface area contributed by atoms with Crippen molar-refractivity contribution >= 4 is 24.8 Å². The molecular formula is C19H23BN4O6. The maximum Gasteiger partial charge on any atom is 0.475 e. The number of piperazine rings is 1. The van der Waals surface area contributed by atoms with Crippen LogP contribution in [0.15, 0.2) is 36.5 Å². The second-order valence-electron chi connectivity index (χ2n) is 6.96. The van der Waals surface area contributed by atoms with Crippen molar-refractivity contribution in [1.29, 1.82) is 0 Å². The van der Waals surface area contributed by atoms with E-state index in [4.69, 9.17) is 5.11 Å². The summed E-state index contributed by atoms with van der Waals surface area (Å²) in [5.74, 6) is -2.77. The zero-order valence-corrected chi connectivity index (χ0v) is 16.2. The first-order valence-corrected chi connectivity index (χ1v) is 9.49. The molecule has 1 aromatic heterocycles. The Morgan fingerprint density at radius 3 is 2.53 bits per heavy atom. The Morgan fingerprint density at radius 2 is 1.93 bits per heavy atom. The van der Waals surface area contributed by atoms with Crippen LogP contribution in [0, 0.1) is 0 Å². The third-order valence-corrected chi connectivity index (χ3v) is 4.92. The fourth-order valence-corrected chi connectivity index (χ4v) is 3.25. The van der Waals surface area contributed by atoms with Crippen molar-refractivity contribution in [3.05, 3.63) is 53.2 Å². The second-order valence-corrected chi connectivity index (χ2v) is 6.96. The highest BCUT2D eigenvalue weighted by atomic mass is 16.4. The summed E-state index contributed by atoms with van der Waals surface area (Å²) in [7, 11) is -1.92. The smallest absolute Gasteiger partial charge is 0.475 e. The van der Waals surface area contributed by atoms with Gasteiger partial charge >= 0.3 is 13.1 Å². The molecule has 1 saturated heterocycles. The van der Waals surface area contributed by atoms with Crippen LogP contribution in [0.4, 0.5) is 5.82 Å². The quantitative estimate of drug-likeness (QED) is 0.321. The van der Waals surface area contributed by atoms with Crippen LogP contribution in [-0.2, 0) is 6.42 Å². The molecule has 1 atom stereocenters. The minimum Gasteiger partial charge on any atom is -0.507 e. The first kappa shape index (κ1) is 21.6. The average Bonchev–Trinajstić information content (AvgIpc) is 2.75. The lowest BCUT2D eigenvalue weighted by Crippen LogP contribution is -2.48. The van der Waals surface area contributed by atoms with E-state index in [0.29, 0.717) is 0 Å². The molecule has 30 heavy (non-hydrogen) atoms. The molecule has 10 nitrogen and oxygen atoms in total. The van der Waals surface area contributed by atoms with E-state index in [2.05, 4.69) is 20.5 Å². The predicted molar refractivity (Wildman–Crippen MR) is 110 cm³/mol. The topological polar surface area (TPSA) is 155 Å². The van der Waals surface area contributed by atoms with Crippen molar-refractivity contribution in [2.24, 2.45) is 0 Å². The van der Waals surface area contributed by atoms with Gasteiger partial charge in [-0.2, -0.15) is 0 Å². The van der Waals surface area contributed by atoms with E-state index in [-0.39, 0.29) is 23.1 Å². The molecule has 158 valence electrons. The third kappa shape index (κ3) is 5.06. The van der Waals surface area contributed by atoms with Gasteiger partial charge in [0.1, 0.15) is 17.1 Å². The van der Waals surface area contributed by atoms with Gasteiger partial charge in [0.25, 0.3) is 5.91 Å². The molecule has 1 aliphatic heterocycles. The molecular weight excluding hydrogens is 391 g/mol. The van der Waals surface area contributed by atoms with Crippen molar-refractivity contribution in [2.75, 3.05) is 31.1 Å². The number of rotatable bonds is 7. The fourth-order valence-electron chi connectivity index (χ4n) is 3.25. The largest absolute Gasteiger partial charge is 0.507 e. The summed E-state index contributed by atoms with van der Waals surface area (Å²) in [5.41, 5.74) is 0.0984. The molecule has 1 fully saturated rings. The molecule has 3 rings (SSSR count). The summed E-state index contributed by atoms with van der Waals surface area (Å²) < 4.78 is 0. The van der Waals surface area contributed by atoms with Crippen LogP contribution in [0.2, 0.25) is 0 Å². The Kier molecular flexibility index (Phi) is 6.88. The van der Waals surface area contributed by atoms with Crippen LogP contribution in [0.3, 0.4) is 0 Å². The molecule has 2 heterocycles. The third-order valence-electron chi connectivity index (χ3n) is 4.92. The Labute approximate surface area is 173 Å². The molecule has 1 aromatic carbocycles. The SMILES string of the molecule is O=C(NC(Cc1cccc(C(=O)O)c1O)B(O)O)c1ccc(N2CCNCC2)nc1. The van der Waals surface area contributed by atoms with Crippen molar-refractivity contribution in [2.45, 2.75) is 12.4 Å². The van der Waals surface area contributed by atoms with Crippen molar-refractivity contribution in [1.82, 2.24) is 15.6 Å². The normalized spacial score (nSPS) is 14.8. The molecule has 0 spiro atoms. The average molecular weight is 414 g/mol. The van der Waals surface area contributed by atoms with Gasteiger partial charge in [-0.15, -0.1) is 0 Å². The Hall–Kier alpha value is -3.15. The molecule has 0 radical (unpaired) electrons. The Morgan fingerprint density at radius 1 is 1.20 bits per heavy atom. The van der Waals surface area contributed by atoms with Crippen LogP contribution in [0.5, 0.6) is 5.75 Å². The highest BCUT2D eigenvalue weighted by Gasteiger charge is 2.28. The second kappa shape index (κ2) is 9.57. The number of phenols is 1. The number of carbonyl (C=O) groups excluding carboxylic acids is 1. The highest BCUT2D eigenvalue weighted by Crippen LogP contribution is 2.24.